The summed E-state index contributed by atoms with van der Waals surface area (Å²) >= 11 is 0. The van der Waals surface area contributed by atoms with Gasteiger partial charge in [0, 0.05) is 49.1 Å². The van der Waals surface area contributed by atoms with Gasteiger partial charge in [-0.15, -0.1) is 9.89 Å². The summed E-state index contributed by atoms with van der Waals surface area (Å²) in [5.41, 5.74) is 11.0. The van der Waals surface area contributed by atoms with Crippen LogP contribution in [0.5, 0.6) is 11.5 Å². The summed E-state index contributed by atoms with van der Waals surface area (Å²) < 4.78 is 37.5. The lowest BCUT2D eigenvalue weighted by Gasteiger charge is -2.33. The van der Waals surface area contributed by atoms with Crippen LogP contribution in [0.1, 0.15) is 108 Å². The largest absolute Gasteiger partial charge is 0.496 e. The summed E-state index contributed by atoms with van der Waals surface area (Å²) in [6, 6.07) is 27.6. The highest BCUT2D eigenvalue weighted by molar-refractivity contribution is 7.88. The zero-order valence-corrected chi connectivity index (χ0v) is 39.8. The smallest absolute Gasteiger partial charge is 0.208 e. The van der Waals surface area contributed by atoms with E-state index in [2.05, 4.69) is 139 Å². The molecule has 0 saturated heterocycles. The van der Waals surface area contributed by atoms with E-state index >= 15 is 0 Å². The van der Waals surface area contributed by atoms with E-state index in [0.717, 1.165) is 70.2 Å². The number of sulfonamides is 1. The minimum absolute atomic E-state index is 0.0239. The highest BCUT2D eigenvalue weighted by atomic mass is 32.2. The molecule has 11 nitrogen and oxygen atoms in total. The average molecular weight is 860 g/mol. The van der Waals surface area contributed by atoms with Gasteiger partial charge in [-0.25, -0.2) is 23.1 Å². The van der Waals surface area contributed by atoms with Gasteiger partial charge in [0.25, 0.3) is 0 Å². The third-order valence-electron chi connectivity index (χ3n) is 11.2. The molecule has 1 aliphatic heterocycles. The van der Waals surface area contributed by atoms with Crippen LogP contribution in [0.2, 0.25) is 0 Å². The molecule has 4 aromatic carbocycles. The second-order valence-corrected chi connectivity index (χ2v) is 21.2. The first-order chi connectivity index (χ1) is 29.1. The Morgan fingerprint density at radius 3 is 2.03 bits per heavy atom. The van der Waals surface area contributed by atoms with Gasteiger partial charge in [-0.05, 0) is 94.8 Å². The molecule has 0 bridgehead atoms. The molecular weight excluding hydrogens is 795 g/mol. The fourth-order valence-corrected chi connectivity index (χ4v) is 8.94. The van der Waals surface area contributed by atoms with Crippen LogP contribution < -0.4 is 19.1 Å². The van der Waals surface area contributed by atoms with Crippen molar-refractivity contribution in [1.29, 1.82) is 0 Å². The Kier molecular flexibility index (Phi) is 13.5. The molecule has 0 amide bonds. The topological polar surface area (TPSA) is 123 Å². The predicted octanol–water partition coefficient (Wildman–Crippen LogP) is 9.93. The van der Waals surface area contributed by atoms with E-state index in [-0.39, 0.29) is 16.2 Å². The number of hydrogen-bond acceptors (Lipinski definition) is 9. The third-order valence-corrected chi connectivity index (χ3v) is 11.9. The quantitative estimate of drug-likeness (QED) is 0.105. The standard InChI is InChI=1S/C50H65N7O4S/c1-14-56(26-25-51-62(13,58)59)40-21-22-41(33(2)27-40)52-44-45(49(6,7)8)54-57-47(44)53-46(55-57)36-18-15-34(16-19-36)28-37-29-35(17-23-42(37)60-11)30-38-31-39(20-24-43(38)61-12)50(9,10)32-48(3,4)5/h15-24,27,29,31,51H,14,25-26,28,30,32H2,1-13H3/b52-44-. The number of likely N-dealkylation sites (N-methyl/N-ethyl adjacent to an activating group) is 1. The molecule has 0 spiro atoms. The van der Waals surface area contributed by atoms with Gasteiger partial charge in [0.1, 0.15) is 17.2 Å². The minimum Gasteiger partial charge on any atom is -0.496 e. The number of rotatable bonds is 16. The summed E-state index contributed by atoms with van der Waals surface area (Å²) in [5, 5.41) is 9.73. The Hall–Kier alpha value is -5.33. The number of aryl methyl sites for hydroxylation is 1. The van der Waals surface area contributed by atoms with Crippen molar-refractivity contribution in [3.05, 3.63) is 118 Å². The van der Waals surface area contributed by atoms with Crippen LogP contribution in [0.3, 0.4) is 0 Å². The summed E-state index contributed by atoms with van der Waals surface area (Å²) in [6.45, 7) is 23.6. The van der Waals surface area contributed by atoms with Crippen molar-refractivity contribution in [2.24, 2.45) is 20.9 Å². The van der Waals surface area contributed by atoms with Crippen LogP contribution in [0, 0.1) is 17.8 Å². The number of ether oxygens (including phenoxy) is 2. The lowest BCUT2D eigenvalue weighted by molar-refractivity contribution is 0.284. The van der Waals surface area contributed by atoms with E-state index in [9.17, 15) is 8.42 Å². The zero-order chi connectivity index (χ0) is 45.2. The third kappa shape index (κ3) is 11.2. The lowest BCUT2D eigenvalue weighted by atomic mass is 9.72. The number of nitrogens with zero attached hydrogens (tertiary/aromatic N) is 6. The van der Waals surface area contributed by atoms with E-state index in [1.165, 1.54) is 22.9 Å². The lowest BCUT2D eigenvalue weighted by Crippen LogP contribution is -2.34. The minimum atomic E-state index is -3.26. The molecular formula is C50H65N7O4S. The molecule has 0 unspecified atom stereocenters. The number of hydrogen-bond donors (Lipinski definition) is 1. The zero-order valence-electron chi connectivity index (χ0n) is 39.0. The van der Waals surface area contributed by atoms with E-state index in [1.807, 2.05) is 19.1 Å². The van der Waals surface area contributed by atoms with Gasteiger partial charge in [-0.2, -0.15) is 5.10 Å². The Morgan fingerprint density at radius 1 is 0.806 bits per heavy atom. The number of nitrogens with one attached hydrogen (secondary N) is 1. The molecule has 2 heterocycles. The maximum Gasteiger partial charge on any atom is 0.208 e. The van der Waals surface area contributed by atoms with Crippen molar-refractivity contribution in [3.8, 4) is 22.9 Å². The molecule has 6 rings (SSSR count). The van der Waals surface area contributed by atoms with Crippen molar-refractivity contribution >= 4 is 32.8 Å². The van der Waals surface area contributed by atoms with E-state index < -0.39 is 10.0 Å². The van der Waals surface area contributed by atoms with Crippen LogP contribution in [0.15, 0.2) is 89.0 Å². The summed E-state index contributed by atoms with van der Waals surface area (Å²) in [7, 11) is 0.210. The van der Waals surface area contributed by atoms with Gasteiger partial charge in [0.2, 0.25) is 15.8 Å². The molecule has 0 aliphatic carbocycles. The van der Waals surface area contributed by atoms with E-state index in [0.29, 0.717) is 36.9 Å². The van der Waals surface area contributed by atoms with E-state index in [4.69, 9.17) is 29.7 Å². The molecule has 330 valence electrons. The number of aromatic nitrogens is 3. The van der Waals surface area contributed by atoms with Crippen LogP contribution in [0.25, 0.3) is 11.4 Å². The van der Waals surface area contributed by atoms with Crippen molar-refractivity contribution in [2.45, 2.75) is 93.9 Å². The number of benzene rings is 4. The maximum atomic E-state index is 11.6. The van der Waals surface area contributed by atoms with E-state index in [1.54, 1.807) is 19.0 Å². The summed E-state index contributed by atoms with van der Waals surface area (Å²) in [5.74, 6) is 2.92. The predicted molar refractivity (Wildman–Crippen MR) is 255 cm³/mol. The van der Waals surface area contributed by atoms with Crippen LogP contribution in [0.4, 0.5) is 11.4 Å². The second-order valence-electron chi connectivity index (χ2n) is 19.4. The molecule has 12 heteroatoms. The summed E-state index contributed by atoms with van der Waals surface area (Å²) in [4.78, 5) is 13.9. The number of fused-ring (bicyclic) bond motifs is 1. The molecule has 62 heavy (non-hydrogen) atoms. The monoisotopic (exact) mass is 859 g/mol. The fraction of sp³-hybridized carbons (Fsp3) is 0.440. The highest BCUT2D eigenvalue weighted by Crippen LogP contribution is 2.39. The Bertz CT molecular complexity index is 2580. The number of aliphatic imine (C=N–C) groups is 1. The van der Waals surface area contributed by atoms with Gasteiger partial charge in [-0.3, -0.25) is 0 Å². The average Bonchev–Trinajstić information content (AvgIpc) is 3.76. The van der Waals surface area contributed by atoms with Crippen LogP contribution >= 0.6 is 0 Å². The van der Waals surface area contributed by atoms with Crippen molar-refractivity contribution in [1.82, 2.24) is 19.6 Å². The SMILES string of the molecule is CCN(CCNS(C)(=O)=O)c1ccc(/N=C2/C(C(C)(C)C)=Nn3nc(-c4ccc(Cc5cc(Cc6cc(C(C)(C)CC(C)(C)C)ccc6OC)ccc5OC)cc4)nc32)c(C)c1. The Morgan fingerprint density at radius 2 is 1.44 bits per heavy atom. The fourth-order valence-electron chi connectivity index (χ4n) is 8.48. The first-order valence-electron chi connectivity index (χ1n) is 21.5. The molecule has 0 radical (unpaired) electrons. The molecule has 1 aliphatic rings. The van der Waals surface area contributed by atoms with Crippen LogP contribution in [-0.4, -0.2) is 74.8 Å². The first kappa shape index (κ1) is 46.2. The second kappa shape index (κ2) is 18.2. The van der Waals surface area contributed by atoms with Gasteiger partial charge in [-0.1, -0.05) is 104 Å². The molecule has 0 fully saturated rings. The van der Waals surface area contributed by atoms with Crippen molar-refractivity contribution in [3.63, 3.8) is 0 Å². The Balaban J connectivity index is 1.22. The first-order valence-corrected chi connectivity index (χ1v) is 23.4. The molecule has 1 aromatic heterocycles. The molecule has 1 N–H and O–H groups in total. The highest BCUT2D eigenvalue weighted by Gasteiger charge is 2.35. The summed E-state index contributed by atoms with van der Waals surface area (Å²) in [6.07, 6.45) is 3.69. The van der Waals surface area contributed by atoms with Gasteiger partial charge >= 0.3 is 0 Å². The van der Waals surface area contributed by atoms with Gasteiger partial charge in [0.15, 0.2) is 5.82 Å². The van der Waals surface area contributed by atoms with Gasteiger partial charge in [0.05, 0.1) is 31.9 Å². The molecule has 0 atom stereocenters. The normalized spacial score (nSPS) is 14.0. The number of methoxy groups -OCH3 is 2. The van der Waals surface area contributed by atoms with Gasteiger partial charge < -0.3 is 14.4 Å². The van der Waals surface area contributed by atoms with Crippen molar-refractivity contribution < 1.29 is 17.9 Å². The Labute approximate surface area is 369 Å². The number of anilines is 1. The maximum absolute atomic E-state index is 11.6. The van der Waals surface area contributed by atoms with Crippen molar-refractivity contribution in [2.75, 3.05) is 45.0 Å². The molecule has 0 saturated carbocycles. The molecule has 5 aromatic rings. The van der Waals surface area contributed by atoms with Crippen LogP contribution in [-0.2, 0) is 28.3 Å².